The van der Waals surface area contributed by atoms with Crippen molar-refractivity contribution < 1.29 is 5.11 Å². The van der Waals surface area contributed by atoms with Crippen LogP contribution >= 0.6 is 0 Å². The summed E-state index contributed by atoms with van der Waals surface area (Å²) < 4.78 is 0. The number of rotatable bonds is 2. The summed E-state index contributed by atoms with van der Waals surface area (Å²) in [4.78, 5) is 2.28. The van der Waals surface area contributed by atoms with Crippen molar-refractivity contribution in [3.63, 3.8) is 0 Å². The molecule has 0 spiro atoms. The molecule has 0 saturated carbocycles. The summed E-state index contributed by atoms with van der Waals surface area (Å²) in [5.74, 6) is 0.383. The third-order valence-corrected chi connectivity index (χ3v) is 3.12. The zero-order chi connectivity index (χ0) is 11.0. The summed E-state index contributed by atoms with van der Waals surface area (Å²) in [6.07, 6.45) is 0. The van der Waals surface area contributed by atoms with E-state index in [2.05, 4.69) is 11.8 Å². The highest BCUT2D eigenvalue weighted by molar-refractivity contribution is 5.38. The molecule has 0 bridgehead atoms. The second kappa shape index (κ2) is 3.83. The van der Waals surface area contributed by atoms with Crippen LogP contribution in [0.2, 0.25) is 0 Å². The van der Waals surface area contributed by atoms with Crippen molar-refractivity contribution in [3.05, 3.63) is 29.3 Å². The molecule has 1 aliphatic heterocycles. The SMILES string of the molecule is Cc1ccc(O)c(C(C)N2CC(N)C2)c1. The van der Waals surface area contributed by atoms with Crippen LogP contribution in [0.15, 0.2) is 18.2 Å². The first-order chi connectivity index (χ1) is 7.08. The zero-order valence-electron chi connectivity index (χ0n) is 9.27. The molecule has 1 aliphatic rings. The molecule has 0 radical (unpaired) electrons. The maximum atomic E-state index is 9.78. The first-order valence-electron chi connectivity index (χ1n) is 5.37. The van der Waals surface area contributed by atoms with Crippen molar-refractivity contribution in [3.8, 4) is 5.75 Å². The van der Waals surface area contributed by atoms with E-state index in [-0.39, 0.29) is 6.04 Å². The van der Waals surface area contributed by atoms with Crippen molar-refractivity contribution >= 4 is 0 Å². The van der Waals surface area contributed by atoms with Crippen molar-refractivity contribution in [2.45, 2.75) is 25.9 Å². The van der Waals surface area contributed by atoms with Crippen LogP contribution in [-0.2, 0) is 0 Å². The topological polar surface area (TPSA) is 49.5 Å². The van der Waals surface area contributed by atoms with Crippen molar-refractivity contribution in [1.82, 2.24) is 4.90 Å². The minimum atomic E-state index is 0.254. The maximum Gasteiger partial charge on any atom is 0.120 e. The number of hydrogen-bond donors (Lipinski definition) is 2. The lowest BCUT2D eigenvalue weighted by Gasteiger charge is -2.41. The molecule has 1 fully saturated rings. The summed E-state index contributed by atoms with van der Waals surface area (Å²) in [7, 11) is 0. The van der Waals surface area contributed by atoms with Gasteiger partial charge in [0, 0.05) is 30.7 Å². The number of aryl methyl sites for hydroxylation is 1. The average Bonchev–Trinajstić information content (AvgIpc) is 2.16. The van der Waals surface area contributed by atoms with Gasteiger partial charge in [-0.3, -0.25) is 4.90 Å². The van der Waals surface area contributed by atoms with Crippen LogP contribution in [0.3, 0.4) is 0 Å². The minimum Gasteiger partial charge on any atom is -0.508 e. The number of nitrogens with two attached hydrogens (primary N) is 1. The van der Waals surface area contributed by atoms with Gasteiger partial charge in [-0.2, -0.15) is 0 Å². The second-order valence-electron chi connectivity index (χ2n) is 4.45. The van der Waals surface area contributed by atoms with Crippen LogP contribution in [0.1, 0.15) is 24.1 Å². The number of phenolic OH excluding ortho intramolecular Hbond substituents is 1. The molecule has 0 aliphatic carbocycles. The minimum absolute atomic E-state index is 0.254. The Bertz CT molecular complexity index is 359. The van der Waals surface area contributed by atoms with E-state index in [0.29, 0.717) is 11.8 Å². The molecule has 1 unspecified atom stereocenters. The molecular formula is C12H18N2O. The number of aromatic hydroxyl groups is 1. The van der Waals surface area contributed by atoms with E-state index in [9.17, 15) is 5.11 Å². The van der Waals surface area contributed by atoms with Gasteiger partial charge in [-0.1, -0.05) is 17.7 Å². The zero-order valence-corrected chi connectivity index (χ0v) is 9.27. The molecule has 2 rings (SSSR count). The van der Waals surface area contributed by atoms with E-state index in [4.69, 9.17) is 5.73 Å². The Labute approximate surface area is 90.5 Å². The molecule has 1 aromatic carbocycles. The predicted molar refractivity (Wildman–Crippen MR) is 60.8 cm³/mol. The van der Waals surface area contributed by atoms with Gasteiger partial charge in [0.25, 0.3) is 0 Å². The number of hydrogen-bond acceptors (Lipinski definition) is 3. The quantitative estimate of drug-likeness (QED) is 0.769. The summed E-state index contributed by atoms with van der Waals surface area (Å²) in [5, 5.41) is 9.78. The third-order valence-electron chi connectivity index (χ3n) is 3.12. The van der Waals surface area contributed by atoms with Crippen molar-refractivity contribution in [2.24, 2.45) is 5.73 Å². The van der Waals surface area contributed by atoms with E-state index in [1.54, 1.807) is 6.07 Å². The van der Waals surface area contributed by atoms with E-state index in [0.717, 1.165) is 18.7 Å². The van der Waals surface area contributed by atoms with Gasteiger partial charge in [-0.25, -0.2) is 0 Å². The van der Waals surface area contributed by atoms with Crippen molar-refractivity contribution in [2.75, 3.05) is 13.1 Å². The largest absolute Gasteiger partial charge is 0.508 e. The van der Waals surface area contributed by atoms with E-state index < -0.39 is 0 Å². The van der Waals surface area contributed by atoms with Crippen LogP contribution in [0.4, 0.5) is 0 Å². The first-order valence-corrected chi connectivity index (χ1v) is 5.37. The van der Waals surface area contributed by atoms with Crippen LogP contribution in [0, 0.1) is 6.92 Å². The number of benzene rings is 1. The molecule has 0 aromatic heterocycles. The Hall–Kier alpha value is -1.06. The van der Waals surface area contributed by atoms with Gasteiger partial charge in [-0.15, -0.1) is 0 Å². The number of likely N-dealkylation sites (tertiary alicyclic amines) is 1. The van der Waals surface area contributed by atoms with Gasteiger partial charge < -0.3 is 10.8 Å². The first kappa shape index (κ1) is 10.5. The van der Waals surface area contributed by atoms with Crippen LogP contribution in [0.25, 0.3) is 0 Å². The number of phenols is 1. The van der Waals surface area contributed by atoms with Gasteiger partial charge in [0.2, 0.25) is 0 Å². The Morgan fingerprint density at radius 1 is 1.47 bits per heavy atom. The Morgan fingerprint density at radius 3 is 2.73 bits per heavy atom. The molecule has 1 atom stereocenters. The molecule has 15 heavy (non-hydrogen) atoms. The number of nitrogens with zero attached hydrogens (tertiary/aromatic N) is 1. The van der Waals surface area contributed by atoms with Gasteiger partial charge in [0.05, 0.1) is 0 Å². The summed E-state index contributed by atoms with van der Waals surface area (Å²) >= 11 is 0. The highest BCUT2D eigenvalue weighted by atomic mass is 16.3. The normalized spacial score (nSPS) is 19.9. The predicted octanol–water partition coefficient (Wildman–Crippen LogP) is 1.40. The van der Waals surface area contributed by atoms with Gasteiger partial charge in [-0.05, 0) is 19.9 Å². The molecule has 1 aromatic rings. The highest BCUT2D eigenvalue weighted by Gasteiger charge is 2.29. The van der Waals surface area contributed by atoms with Gasteiger partial charge >= 0.3 is 0 Å². The van der Waals surface area contributed by atoms with Gasteiger partial charge in [0.1, 0.15) is 5.75 Å². The maximum absolute atomic E-state index is 9.78. The monoisotopic (exact) mass is 206 g/mol. The Balaban J connectivity index is 2.17. The highest BCUT2D eigenvalue weighted by Crippen LogP contribution is 2.31. The van der Waals surface area contributed by atoms with Gasteiger partial charge in [0.15, 0.2) is 0 Å². The molecule has 1 saturated heterocycles. The lowest BCUT2D eigenvalue weighted by Crippen LogP contribution is -2.56. The van der Waals surface area contributed by atoms with Crippen LogP contribution in [0.5, 0.6) is 5.75 Å². The Morgan fingerprint density at radius 2 is 2.13 bits per heavy atom. The van der Waals surface area contributed by atoms with E-state index in [1.807, 2.05) is 19.1 Å². The average molecular weight is 206 g/mol. The lowest BCUT2D eigenvalue weighted by molar-refractivity contribution is 0.102. The standard InChI is InChI=1S/C12H18N2O/c1-8-3-4-12(15)11(5-8)9(2)14-6-10(13)7-14/h3-5,9-10,15H,6-7,13H2,1-2H3. The second-order valence-corrected chi connectivity index (χ2v) is 4.45. The lowest BCUT2D eigenvalue weighted by atomic mass is 9.99. The third kappa shape index (κ3) is 1.98. The van der Waals surface area contributed by atoms with Crippen LogP contribution < -0.4 is 5.73 Å². The molecule has 1 heterocycles. The van der Waals surface area contributed by atoms with E-state index in [1.165, 1.54) is 5.56 Å². The molecular weight excluding hydrogens is 188 g/mol. The summed E-state index contributed by atoms with van der Waals surface area (Å²) in [6.45, 7) is 6.00. The smallest absolute Gasteiger partial charge is 0.120 e. The fraction of sp³-hybridized carbons (Fsp3) is 0.500. The fourth-order valence-corrected chi connectivity index (χ4v) is 2.07. The Kier molecular flexibility index (Phi) is 2.67. The van der Waals surface area contributed by atoms with E-state index >= 15 is 0 Å². The fourth-order valence-electron chi connectivity index (χ4n) is 2.07. The summed E-state index contributed by atoms with van der Waals surface area (Å²) in [5.41, 5.74) is 7.93. The van der Waals surface area contributed by atoms with Crippen LogP contribution in [-0.4, -0.2) is 29.1 Å². The van der Waals surface area contributed by atoms with Crippen molar-refractivity contribution in [1.29, 1.82) is 0 Å². The molecule has 0 amide bonds. The summed E-state index contributed by atoms with van der Waals surface area (Å²) in [6, 6.07) is 6.29. The molecule has 82 valence electrons. The molecule has 3 heteroatoms. The molecule has 3 nitrogen and oxygen atoms in total. The molecule has 3 N–H and O–H groups in total.